The Hall–Kier alpha value is -1.61. The molecule has 0 atom stereocenters. The molecule has 2 saturated heterocycles. The third-order valence-electron chi connectivity index (χ3n) is 4.10. The number of carbonyl (C=O) groups is 2. The average Bonchev–Trinajstić information content (AvgIpc) is 2.53. The van der Waals surface area contributed by atoms with Gasteiger partial charge in [0.25, 0.3) is 0 Å². The summed E-state index contributed by atoms with van der Waals surface area (Å²) in [7, 11) is 0. The van der Waals surface area contributed by atoms with Gasteiger partial charge in [-0.15, -0.1) is 0 Å². The largest absolute Gasteiger partial charge is 0.381 e. The predicted octanol–water partition coefficient (Wildman–Crippen LogP) is 0.435. The number of hydrogen-bond acceptors (Lipinski definition) is 4. The van der Waals surface area contributed by atoms with Crippen molar-refractivity contribution in [3.63, 3.8) is 0 Å². The minimum Gasteiger partial charge on any atom is -0.381 e. The topological polar surface area (TPSA) is 82.4 Å². The Kier molecular flexibility index (Phi) is 4.96. The van der Waals surface area contributed by atoms with E-state index in [0.29, 0.717) is 26.1 Å². The van der Waals surface area contributed by atoms with Crippen LogP contribution in [0.2, 0.25) is 0 Å². The van der Waals surface area contributed by atoms with Crippen molar-refractivity contribution < 1.29 is 14.3 Å². The second kappa shape index (κ2) is 6.71. The molecule has 2 fully saturated rings. The number of hydrogen-bond donors (Lipinski definition) is 1. The van der Waals surface area contributed by atoms with Crippen molar-refractivity contribution in [3.8, 4) is 6.07 Å². The standard InChI is InChI=1S/C14H21N3O3/c15-11-14(4-8-20-9-5-14)13(19)16-10-12(18)17-6-2-1-3-7-17/h1-10H2,(H,16,19). The summed E-state index contributed by atoms with van der Waals surface area (Å²) in [6, 6.07) is 2.10. The van der Waals surface area contributed by atoms with Crippen molar-refractivity contribution in [1.82, 2.24) is 10.2 Å². The molecule has 0 aromatic rings. The summed E-state index contributed by atoms with van der Waals surface area (Å²) in [4.78, 5) is 25.9. The minimum atomic E-state index is -1.03. The van der Waals surface area contributed by atoms with E-state index in [9.17, 15) is 14.9 Å². The number of likely N-dealkylation sites (tertiary alicyclic amines) is 1. The second-order valence-corrected chi connectivity index (χ2v) is 5.43. The summed E-state index contributed by atoms with van der Waals surface area (Å²) in [6.45, 7) is 2.36. The minimum absolute atomic E-state index is 0.0108. The van der Waals surface area contributed by atoms with Crippen LogP contribution in [-0.2, 0) is 14.3 Å². The van der Waals surface area contributed by atoms with E-state index in [1.807, 2.05) is 0 Å². The van der Waals surface area contributed by atoms with E-state index in [1.165, 1.54) is 0 Å². The Morgan fingerprint density at radius 3 is 2.45 bits per heavy atom. The van der Waals surface area contributed by atoms with Crippen LogP contribution in [0, 0.1) is 16.7 Å². The summed E-state index contributed by atoms with van der Waals surface area (Å²) in [5.41, 5.74) is -1.03. The highest BCUT2D eigenvalue weighted by molar-refractivity contribution is 5.89. The molecule has 2 amide bonds. The van der Waals surface area contributed by atoms with E-state index in [4.69, 9.17) is 4.74 Å². The third kappa shape index (κ3) is 3.28. The van der Waals surface area contributed by atoms with Crippen LogP contribution in [0.15, 0.2) is 0 Å². The normalized spacial score (nSPS) is 21.9. The molecule has 2 rings (SSSR count). The summed E-state index contributed by atoms with van der Waals surface area (Å²) in [5, 5.41) is 11.9. The van der Waals surface area contributed by atoms with Crippen LogP contribution < -0.4 is 5.32 Å². The van der Waals surface area contributed by atoms with Crippen molar-refractivity contribution in [2.45, 2.75) is 32.1 Å². The molecule has 1 N–H and O–H groups in total. The summed E-state index contributed by atoms with van der Waals surface area (Å²) in [5.74, 6) is -0.396. The van der Waals surface area contributed by atoms with E-state index >= 15 is 0 Å². The van der Waals surface area contributed by atoms with Gasteiger partial charge in [-0.2, -0.15) is 5.26 Å². The van der Waals surface area contributed by atoms with Crippen LogP contribution >= 0.6 is 0 Å². The van der Waals surface area contributed by atoms with E-state index in [0.717, 1.165) is 32.4 Å². The average molecular weight is 279 g/mol. The van der Waals surface area contributed by atoms with Gasteiger partial charge in [0.05, 0.1) is 12.6 Å². The monoisotopic (exact) mass is 279 g/mol. The second-order valence-electron chi connectivity index (χ2n) is 5.43. The van der Waals surface area contributed by atoms with Crippen LogP contribution in [0.1, 0.15) is 32.1 Å². The van der Waals surface area contributed by atoms with Gasteiger partial charge in [-0.3, -0.25) is 9.59 Å². The van der Waals surface area contributed by atoms with E-state index in [1.54, 1.807) is 4.90 Å². The van der Waals surface area contributed by atoms with Gasteiger partial charge >= 0.3 is 0 Å². The van der Waals surface area contributed by atoms with Crippen LogP contribution in [-0.4, -0.2) is 49.6 Å². The molecule has 0 saturated carbocycles. The molecule has 0 radical (unpaired) electrons. The molecule has 0 aromatic heterocycles. The Morgan fingerprint density at radius 2 is 1.85 bits per heavy atom. The fraction of sp³-hybridized carbons (Fsp3) is 0.786. The van der Waals surface area contributed by atoms with Gasteiger partial charge in [-0.1, -0.05) is 0 Å². The van der Waals surface area contributed by atoms with E-state index < -0.39 is 5.41 Å². The SMILES string of the molecule is N#CC1(C(=O)NCC(=O)N2CCCCC2)CCOCC1. The van der Waals surface area contributed by atoms with Crippen molar-refractivity contribution in [1.29, 1.82) is 5.26 Å². The number of nitrogens with one attached hydrogen (secondary N) is 1. The first-order valence-corrected chi connectivity index (χ1v) is 7.23. The van der Waals surface area contributed by atoms with Crippen molar-refractivity contribution in [3.05, 3.63) is 0 Å². The van der Waals surface area contributed by atoms with Gasteiger partial charge in [0.15, 0.2) is 0 Å². The van der Waals surface area contributed by atoms with Gasteiger partial charge in [0.2, 0.25) is 11.8 Å². The lowest BCUT2D eigenvalue weighted by Crippen LogP contribution is -2.48. The maximum absolute atomic E-state index is 12.2. The lowest BCUT2D eigenvalue weighted by Gasteiger charge is -2.30. The number of amides is 2. The zero-order chi connectivity index (χ0) is 14.4. The molecule has 6 nitrogen and oxygen atoms in total. The Morgan fingerprint density at radius 1 is 1.20 bits per heavy atom. The molecule has 0 spiro atoms. The summed E-state index contributed by atoms with van der Waals surface area (Å²) in [6.07, 6.45) is 4.01. The van der Waals surface area contributed by atoms with Gasteiger partial charge < -0.3 is 15.0 Å². The first-order valence-electron chi connectivity index (χ1n) is 7.23. The molecule has 0 unspecified atom stereocenters. The predicted molar refractivity (Wildman–Crippen MR) is 71.5 cm³/mol. The van der Waals surface area contributed by atoms with Gasteiger partial charge in [-0.25, -0.2) is 0 Å². The molecule has 0 bridgehead atoms. The fourth-order valence-electron chi connectivity index (χ4n) is 2.69. The number of carbonyl (C=O) groups excluding carboxylic acids is 2. The number of nitrogens with zero attached hydrogens (tertiary/aromatic N) is 2. The molecule has 2 heterocycles. The van der Waals surface area contributed by atoms with Crippen molar-refractivity contribution >= 4 is 11.8 Å². The molecular formula is C14H21N3O3. The number of piperidine rings is 1. The lowest BCUT2D eigenvalue weighted by molar-refractivity contribution is -0.137. The van der Waals surface area contributed by atoms with Crippen LogP contribution in [0.4, 0.5) is 0 Å². The maximum Gasteiger partial charge on any atom is 0.241 e. The molecule has 0 aromatic carbocycles. The van der Waals surface area contributed by atoms with E-state index in [2.05, 4.69) is 11.4 Å². The zero-order valence-electron chi connectivity index (χ0n) is 11.7. The first-order chi connectivity index (χ1) is 9.68. The molecule has 2 aliphatic rings. The molecule has 20 heavy (non-hydrogen) atoms. The van der Waals surface area contributed by atoms with E-state index in [-0.39, 0.29) is 18.4 Å². The highest BCUT2D eigenvalue weighted by atomic mass is 16.5. The molecular weight excluding hydrogens is 258 g/mol. The highest BCUT2D eigenvalue weighted by Gasteiger charge is 2.40. The van der Waals surface area contributed by atoms with Crippen molar-refractivity contribution in [2.75, 3.05) is 32.8 Å². The smallest absolute Gasteiger partial charge is 0.241 e. The zero-order valence-corrected chi connectivity index (χ0v) is 11.7. The molecule has 0 aliphatic carbocycles. The van der Waals surface area contributed by atoms with Crippen LogP contribution in [0.25, 0.3) is 0 Å². The third-order valence-corrected chi connectivity index (χ3v) is 4.10. The Labute approximate surface area is 119 Å². The van der Waals surface area contributed by atoms with Crippen molar-refractivity contribution in [2.24, 2.45) is 5.41 Å². The summed E-state index contributed by atoms with van der Waals surface area (Å²) >= 11 is 0. The lowest BCUT2D eigenvalue weighted by atomic mass is 9.81. The number of nitriles is 1. The van der Waals surface area contributed by atoms with Crippen LogP contribution in [0.3, 0.4) is 0 Å². The molecule has 6 heteroatoms. The van der Waals surface area contributed by atoms with Crippen LogP contribution in [0.5, 0.6) is 0 Å². The molecule has 2 aliphatic heterocycles. The first kappa shape index (κ1) is 14.8. The van der Waals surface area contributed by atoms with Gasteiger partial charge in [-0.05, 0) is 32.1 Å². The van der Waals surface area contributed by atoms with Gasteiger partial charge in [0.1, 0.15) is 5.41 Å². The highest BCUT2D eigenvalue weighted by Crippen LogP contribution is 2.29. The number of ether oxygens (including phenoxy) is 1. The molecule has 110 valence electrons. The summed E-state index contributed by atoms with van der Waals surface area (Å²) < 4.78 is 5.19. The Bertz CT molecular complexity index is 404. The van der Waals surface area contributed by atoms with Gasteiger partial charge in [0, 0.05) is 26.3 Å². The fourth-order valence-corrected chi connectivity index (χ4v) is 2.69. The number of rotatable bonds is 3. The quantitative estimate of drug-likeness (QED) is 0.812. The Balaban J connectivity index is 1.84. The maximum atomic E-state index is 12.2.